The minimum absolute atomic E-state index is 0.239. The number of amides is 1. The summed E-state index contributed by atoms with van der Waals surface area (Å²) >= 11 is 13.5. The molecule has 4 nitrogen and oxygen atoms in total. The molecule has 0 saturated heterocycles. The van der Waals surface area contributed by atoms with Crippen LogP contribution in [0.3, 0.4) is 0 Å². The van der Waals surface area contributed by atoms with E-state index >= 15 is 0 Å². The molecule has 0 aliphatic rings. The summed E-state index contributed by atoms with van der Waals surface area (Å²) in [5.41, 5.74) is 1.58. The number of anilines is 2. The number of hydrogen-bond acceptors (Lipinski definition) is 4. The van der Waals surface area contributed by atoms with Crippen LogP contribution in [0.2, 0.25) is 10.0 Å². The lowest BCUT2D eigenvalue weighted by Gasteiger charge is -2.24. The van der Waals surface area contributed by atoms with Crippen molar-refractivity contribution in [3.63, 3.8) is 0 Å². The van der Waals surface area contributed by atoms with Gasteiger partial charge in [-0.15, -0.1) is 11.3 Å². The summed E-state index contributed by atoms with van der Waals surface area (Å²) in [6.45, 7) is 3.57. The van der Waals surface area contributed by atoms with Gasteiger partial charge in [-0.1, -0.05) is 41.4 Å². The number of rotatable bonds is 5. The molecule has 134 valence electrons. The molecule has 0 bridgehead atoms. The van der Waals surface area contributed by atoms with E-state index in [1.165, 1.54) is 11.3 Å². The quantitative estimate of drug-likeness (QED) is 0.530. The van der Waals surface area contributed by atoms with Crippen LogP contribution >= 0.6 is 34.5 Å². The highest BCUT2D eigenvalue weighted by molar-refractivity contribution is 7.14. The van der Waals surface area contributed by atoms with Crippen LogP contribution in [0, 0.1) is 6.92 Å². The normalized spacial score (nSPS) is 11.8. The Hall–Kier alpha value is -2.08. The van der Waals surface area contributed by atoms with Crippen molar-refractivity contribution in [2.75, 3.05) is 4.90 Å². The number of aryl methyl sites for hydroxylation is 1. The molecule has 0 saturated carbocycles. The highest BCUT2D eigenvalue weighted by Crippen LogP contribution is 2.32. The zero-order valence-corrected chi connectivity index (χ0v) is 16.5. The SMILES string of the molecule is Cc1csc(N(C(=O)C(C)Oc2ccc(Cl)cc2Cl)c2ccccc2)n1. The highest BCUT2D eigenvalue weighted by Gasteiger charge is 2.27. The molecule has 0 radical (unpaired) electrons. The number of benzene rings is 2. The van der Waals surface area contributed by atoms with Crippen LogP contribution in [-0.4, -0.2) is 17.0 Å². The number of hydrogen-bond donors (Lipinski definition) is 0. The smallest absolute Gasteiger partial charge is 0.274 e. The molecule has 0 aliphatic heterocycles. The van der Waals surface area contributed by atoms with Gasteiger partial charge in [0.15, 0.2) is 11.2 Å². The number of carbonyl (C=O) groups is 1. The van der Waals surface area contributed by atoms with Gasteiger partial charge in [0.1, 0.15) is 5.75 Å². The number of aromatic nitrogens is 1. The summed E-state index contributed by atoms with van der Waals surface area (Å²) in [6, 6.07) is 14.2. The van der Waals surface area contributed by atoms with E-state index < -0.39 is 6.10 Å². The van der Waals surface area contributed by atoms with Gasteiger partial charge in [-0.3, -0.25) is 9.69 Å². The van der Waals surface area contributed by atoms with Crippen molar-refractivity contribution in [1.29, 1.82) is 0 Å². The van der Waals surface area contributed by atoms with E-state index in [1.807, 2.05) is 42.6 Å². The van der Waals surface area contributed by atoms with Crippen LogP contribution in [0.4, 0.5) is 10.8 Å². The van der Waals surface area contributed by atoms with E-state index in [2.05, 4.69) is 4.98 Å². The first kappa shape index (κ1) is 18.7. The average molecular weight is 407 g/mol. The van der Waals surface area contributed by atoms with Crippen molar-refractivity contribution in [3.05, 3.63) is 69.7 Å². The first-order valence-corrected chi connectivity index (χ1v) is 9.52. The molecule has 0 spiro atoms. The maximum absolute atomic E-state index is 13.1. The van der Waals surface area contributed by atoms with E-state index in [4.69, 9.17) is 27.9 Å². The van der Waals surface area contributed by atoms with Gasteiger partial charge < -0.3 is 4.74 Å². The molecule has 1 unspecified atom stereocenters. The predicted molar refractivity (Wildman–Crippen MR) is 107 cm³/mol. The monoisotopic (exact) mass is 406 g/mol. The van der Waals surface area contributed by atoms with Gasteiger partial charge in [0.25, 0.3) is 5.91 Å². The van der Waals surface area contributed by atoms with Crippen molar-refractivity contribution < 1.29 is 9.53 Å². The van der Waals surface area contributed by atoms with E-state index in [-0.39, 0.29) is 5.91 Å². The first-order valence-electron chi connectivity index (χ1n) is 7.88. The topological polar surface area (TPSA) is 42.4 Å². The molecule has 1 atom stereocenters. The number of ether oxygens (including phenoxy) is 1. The summed E-state index contributed by atoms with van der Waals surface area (Å²) in [7, 11) is 0. The Morgan fingerprint density at radius 2 is 1.92 bits per heavy atom. The van der Waals surface area contributed by atoms with Crippen LogP contribution in [0.5, 0.6) is 5.75 Å². The molecule has 0 N–H and O–H groups in total. The molecule has 0 aliphatic carbocycles. The van der Waals surface area contributed by atoms with E-state index in [9.17, 15) is 4.79 Å². The van der Waals surface area contributed by atoms with Crippen molar-refractivity contribution in [3.8, 4) is 5.75 Å². The fourth-order valence-electron chi connectivity index (χ4n) is 2.35. The minimum Gasteiger partial charge on any atom is -0.479 e. The van der Waals surface area contributed by atoms with Gasteiger partial charge in [-0.05, 0) is 44.2 Å². The van der Waals surface area contributed by atoms with Gasteiger partial charge in [0.05, 0.1) is 16.4 Å². The molecule has 0 fully saturated rings. The molecule has 2 aromatic carbocycles. The third-order valence-corrected chi connectivity index (χ3v) is 5.05. The number of para-hydroxylation sites is 1. The average Bonchev–Trinajstić information content (AvgIpc) is 3.04. The standard InChI is InChI=1S/C19H16Cl2N2O2S/c1-12-11-26-19(22-12)23(15-6-4-3-5-7-15)18(24)13(2)25-17-9-8-14(20)10-16(17)21/h3-11,13H,1-2H3. The van der Waals surface area contributed by atoms with Gasteiger partial charge in [0.2, 0.25) is 0 Å². The second-order valence-corrected chi connectivity index (χ2v) is 7.30. The van der Waals surface area contributed by atoms with Gasteiger partial charge in [-0.25, -0.2) is 4.98 Å². The largest absolute Gasteiger partial charge is 0.479 e. The molecule has 26 heavy (non-hydrogen) atoms. The molecule has 3 rings (SSSR count). The summed E-state index contributed by atoms with van der Waals surface area (Å²) in [5.74, 6) is 0.164. The molecule has 7 heteroatoms. The molecular formula is C19H16Cl2N2O2S. The Bertz CT molecular complexity index is 915. The van der Waals surface area contributed by atoms with Crippen molar-refractivity contribution in [2.24, 2.45) is 0 Å². The van der Waals surface area contributed by atoms with Crippen LogP contribution in [0.15, 0.2) is 53.9 Å². The van der Waals surface area contributed by atoms with Crippen molar-refractivity contribution in [2.45, 2.75) is 20.0 Å². The van der Waals surface area contributed by atoms with E-state index in [0.717, 1.165) is 11.4 Å². The lowest BCUT2D eigenvalue weighted by Crippen LogP contribution is -2.37. The Kier molecular flexibility index (Phi) is 5.81. The van der Waals surface area contributed by atoms with Crippen LogP contribution in [0.25, 0.3) is 0 Å². The fourth-order valence-corrected chi connectivity index (χ4v) is 3.63. The summed E-state index contributed by atoms with van der Waals surface area (Å²) in [6.07, 6.45) is -0.766. The number of nitrogens with zero attached hydrogens (tertiary/aromatic N) is 2. The Balaban J connectivity index is 1.89. The maximum atomic E-state index is 13.1. The first-order chi connectivity index (χ1) is 12.5. The number of carbonyl (C=O) groups excluding carboxylic acids is 1. The van der Waals surface area contributed by atoms with Gasteiger partial charge >= 0.3 is 0 Å². The highest BCUT2D eigenvalue weighted by atomic mass is 35.5. The van der Waals surface area contributed by atoms with E-state index in [0.29, 0.717) is 20.9 Å². The molecule has 1 amide bonds. The van der Waals surface area contributed by atoms with Gasteiger partial charge in [0, 0.05) is 10.4 Å². The van der Waals surface area contributed by atoms with Crippen LogP contribution in [-0.2, 0) is 4.79 Å². The Morgan fingerprint density at radius 3 is 2.54 bits per heavy atom. The molecule has 1 heterocycles. The van der Waals surface area contributed by atoms with Crippen molar-refractivity contribution in [1.82, 2.24) is 4.98 Å². The summed E-state index contributed by atoms with van der Waals surface area (Å²) in [4.78, 5) is 19.1. The lowest BCUT2D eigenvalue weighted by atomic mass is 10.2. The second kappa shape index (κ2) is 8.08. The van der Waals surface area contributed by atoms with Crippen LogP contribution < -0.4 is 9.64 Å². The Morgan fingerprint density at radius 1 is 1.19 bits per heavy atom. The third kappa shape index (κ3) is 4.18. The second-order valence-electron chi connectivity index (χ2n) is 5.62. The molecule has 1 aromatic heterocycles. The molecular weight excluding hydrogens is 391 g/mol. The lowest BCUT2D eigenvalue weighted by molar-refractivity contribution is -0.123. The zero-order valence-electron chi connectivity index (χ0n) is 14.1. The van der Waals surface area contributed by atoms with Gasteiger partial charge in [-0.2, -0.15) is 0 Å². The fraction of sp³-hybridized carbons (Fsp3) is 0.158. The van der Waals surface area contributed by atoms with E-state index in [1.54, 1.807) is 30.0 Å². The predicted octanol–water partition coefficient (Wildman–Crippen LogP) is 5.89. The summed E-state index contributed by atoms with van der Waals surface area (Å²) < 4.78 is 5.79. The number of halogens is 2. The maximum Gasteiger partial charge on any atom is 0.274 e. The number of thiazole rings is 1. The zero-order chi connectivity index (χ0) is 18.7. The summed E-state index contributed by atoms with van der Waals surface area (Å²) in [5, 5.41) is 3.36. The van der Waals surface area contributed by atoms with Crippen LogP contribution in [0.1, 0.15) is 12.6 Å². The third-order valence-electron chi connectivity index (χ3n) is 3.58. The Labute approximate surface area is 166 Å². The molecule has 3 aromatic rings. The minimum atomic E-state index is -0.766. The van der Waals surface area contributed by atoms with Crippen molar-refractivity contribution >= 4 is 51.3 Å².